The summed E-state index contributed by atoms with van der Waals surface area (Å²) in [5.41, 5.74) is 0. The van der Waals surface area contributed by atoms with Crippen molar-refractivity contribution in [2.75, 3.05) is 13.2 Å². The molecule has 0 unspecified atom stereocenters. The summed E-state index contributed by atoms with van der Waals surface area (Å²) in [5.74, 6) is -1.32. The third-order valence-electron chi connectivity index (χ3n) is 2.54. The highest BCUT2D eigenvalue weighted by Crippen LogP contribution is 2.28. The summed E-state index contributed by atoms with van der Waals surface area (Å²) in [5, 5.41) is 4.98. The molecule has 0 radical (unpaired) electrons. The third-order valence-corrected chi connectivity index (χ3v) is 3.07. The van der Waals surface area contributed by atoms with Gasteiger partial charge in [-0.15, -0.1) is 6.58 Å². The molecule has 0 fully saturated rings. The predicted molar refractivity (Wildman–Crippen MR) is 89.2 cm³/mol. The molecule has 7 nitrogen and oxygen atoms in total. The maximum Gasteiger partial charge on any atom is 0.347 e. The zero-order valence-corrected chi connectivity index (χ0v) is 14.3. The van der Waals surface area contributed by atoms with Crippen LogP contribution in [0.15, 0.2) is 30.9 Å². The average molecular weight is 375 g/mol. The van der Waals surface area contributed by atoms with Crippen LogP contribution in [0.1, 0.15) is 6.92 Å². The average Bonchev–Trinajstić information content (AvgIpc) is 2.53. The van der Waals surface area contributed by atoms with E-state index in [0.717, 1.165) is 0 Å². The van der Waals surface area contributed by atoms with E-state index in [-0.39, 0.29) is 17.3 Å². The molecule has 0 spiro atoms. The van der Waals surface area contributed by atoms with Crippen molar-refractivity contribution >= 4 is 41.1 Å². The summed E-state index contributed by atoms with van der Waals surface area (Å²) in [6.07, 6.45) is 0.441. The summed E-state index contributed by atoms with van der Waals surface area (Å²) >= 11 is 11.7. The fraction of sp³-hybridized carbons (Fsp3) is 0.267. The van der Waals surface area contributed by atoms with E-state index < -0.39 is 30.6 Å². The number of esters is 1. The van der Waals surface area contributed by atoms with Gasteiger partial charge in [-0.05, 0) is 25.1 Å². The van der Waals surface area contributed by atoms with Crippen molar-refractivity contribution in [3.05, 3.63) is 40.9 Å². The molecule has 9 heteroatoms. The Bertz CT molecular complexity index is 636. The zero-order chi connectivity index (χ0) is 18.1. The van der Waals surface area contributed by atoms with E-state index in [1.54, 1.807) is 6.07 Å². The summed E-state index contributed by atoms with van der Waals surface area (Å²) in [6, 6.07) is 3.81. The maximum atomic E-state index is 11.8. The molecule has 0 aliphatic rings. The summed E-state index contributed by atoms with van der Waals surface area (Å²) in [6.45, 7) is 4.42. The Morgan fingerprint density at radius 1 is 1.33 bits per heavy atom. The number of benzene rings is 1. The Balaban J connectivity index is 2.42. The number of rotatable bonds is 7. The van der Waals surface area contributed by atoms with Crippen molar-refractivity contribution < 1.29 is 23.9 Å². The van der Waals surface area contributed by atoms with E-state index in [4.69, 9.17) is 32.7 Å². The number of carbonyl (C=O) groups excluding carboxylic acids is 3. The molecule has 0 saturated carbocycles. The molecule has 0 saturated heterocycles. The van der Waals surface area contributed by atoms with Gasteiger partial charge >= 0.3 is 12.0 Å². The molecule has 1 aromatic rings. The Labute approximate surface area is 148 Å². The fourth-order valence-electron chi connectivity index (χ4n) is 1.44. The number of ether oxygens (including phenoxy) is 2. The van der Waals surface area contributed by atoms with Crippen LogP contribution in [-0.4, -0.2) is 37.2 Å². The number of hydrogen-bond donors (Lipinski definition) is 2. The van der Waals surface area contributed by atoms with E-state index in [1.807, 2.05) is 5.32 Å². The molecule has 0 bridgehead atoms. The number of nitrogens with one attached hydrogen (secondary N) is 2. The van der Waals surface area contributed by atoms with Crippen LogP contribution in [0.2, 0.25) is 10.0 Å². The molecule has 0 aliphatic heterocycles. The number of imide groups is 1. The van der Waals surface area contributed by atoms with Gasteiger partial charge in [0.15, 0.2) is 12.7 Å². The standard InChI is InChI=1S/C15H16Cl2N2O5/c1-3-6-18-15(22)19-13(20)8-23-14(21)9(2)24-12-5-4-10(16)7-11(12)17/h3-5,7,9H,1,6,8H2,2H3,(H2,18,19,20,22)/t9-/m1/s1. The lowest BCUT2D eigenvalue weighted by Gasteiger charge is -2.15. The van der Waals surface area contributed by atoms with Gasteiger partial charge in [0.2, 0.25) is 0 Å². The van der Waals surface area contributed by atoms with Crippen molar-refractivity contribution in [3.8, 4) is 5.75 Å². The molecule has 0 aromatic heterocycles. The van der Waals surface area contributed by atoms with E-state index in [9.17, 15) is 14.4 Å². The smallest absolute Gasteiger partial charge is 0.347 e. The lowest BCUT2D eigenvalue weighted by molar-refractivity contribution is -0.154. The lowest BCUT2D eigenvalue weighted by atomic mass is 10.3. The minimum Gasteiger partial charge on any atom is -0.477 e. The third kappa shape index (κ3) is 6.89. The molecule has 0 heterocycles. The SMILES string of the molecule is C=CCNC(=O)NC(=O)COC(=O)[C@@H](C)Oc1ccc(Cl)cc1Cl. The van der Waals surface area contributed by atoms with Gasteiger partial charge in [0, 0.05) is 11.6 Å². The van der Waals surface area contributed by atoms with Crippen LogP contribution in [0.5, 0.6) is 5.75 Å². The Morgan fingerprint density at radius 2 is 2.04 bits per heavy atom. The van der Waals surface area contributed by atoms with Gasteiger partial charge in [0.05, 0.1) is 5.02 Å². The fourth-order valence-corrected chi connectivity index (χ4v) is 1.89. The minimum atomic E-state index is -1.01. The molecular formula is C15H16Cl2N2O5. The zero-order valence-electron chi connectivity index (χ0n) is 12.8. The van der Waals surface area contributed by atoms with Crippen LogP contribution < -0.4 is 15.4 Å². The normalized spacial score (nSPS) is 11.1. The summed E-state index contributed by atoms with van der Waals surface area (Å²) in [7, 11) is 0. The molecule has 3 amide bonds. The van der Waals surface area contributed by atoms with E-state index in [0.29, 0.717) is 5.02 Å². The van der Waals surface area contributed by atoms with Crippen LogP contribution >= 0.6 is 23.2 Å². The van der Waals surface area contributed by atoms with E-state index in [2.05, 4.69) is 11.9 Å². The highest BCUT2D eigenvalue weighted by atomic mass is 35.5. The number of amides is 3. The molecule has 0 aliphatic carbocycles. The summed E-state index contributed by atoms with van der Waals surface area (Å²) < 4.78 is 10.1. The molecule has 130 valence electrons. The largest absolute Gasteiger partial charge is 0.477 e. The first-order valence-electron chi connectivity index (χ1n) is 6.80. The Morgan fingerprint density at radius 3 is 2.67 bits per heavy atom. The van der Waals surface area contributed by atoms with E-state index in [1.165, 1.54) is 25.1 Å². The molecule has 24 heavy (non-hydrogen) atoms. The van der Waals surface area contributed by atoms with Crippen LogP contribution in [-0.2, 0) is 14.3 Å². The Kier molecular flexibility index (Phi) is 8.08. The van der Waals surface area contributed by atoms with Crippen molar-refractivity contribution in [2.24, 2.45) is 0 Å². The Hall–Kier alpha value is -2.25. The topological polar surface area (TPSA) is 93.7 Å². The predicted octanol–water partition coefficient (Wildman–Crippen LogP) is 2.32. The highest BCUT2D eigenvalue weighted by Gasteiger charge is 2.19. The number of carbonyl (C=O) groups is 3. The first kappa shape index (κ1) is 19.8. The molecular weight excluding hydrogens is 359 g/mol. The maximum absolute atomic E-state index is 11.8. The van der Waals surface area contributed by atoms with E-state index >= 15 is 0 Å². The lowest BCUT2D eigenvalue weighted by Crippen LogP contribution is -2.42. The molecule has 1 atom stereocenters. The monoisotopic (exact) mass is 374 g/mol. The number of halogens is 2. The van der Waals surface area contributed by atoms with Gasteiger partial charge in [-0.1, -0.05) is 29.3 Å². The second kappa shape index (κ2) is 9.79. The van der Waals surface area contributed by atoms with Crippen LogP contribution in [0, 0.1) is 0 Å². The second-order valence-electron chi connectivity index (χ2n) is 4.49. The van der Waals surface area contributed by atoms with Gasteiger partial charge in [-0.2, -0.15) is 0 Å². The number of urea groups is 1. The second-order valence-corrected chi connectivity index (χ2v) is 5.33. The van der Waals surface area contributed by atoms with Crippen molar-refractivity contribution in [3.63, 3.8) is 0 Å². The van der Waals surface area contributed by atoms with Crippen molar-refractivity contribution in [2.45, 2.75) is 13.0 Å². The van der Waals surface area contributed by atoms with Crippen LogP contribution in [0.3, 0.4) is 0 Å². The molecule has 1 rings (SSSR count). The van der Waals surface area contributed by atoms with Gasteiger partial charge in [-0.25, -0.2) is 9.59 Å². The quantitative estimate of drug-likeness (QED) is 0.564. The van der Waals surface area contributed by atoms with Crippen LogP contribution in [0.25, 0.3) is 0 Å². The van der Waals surface area contributed by atoms with Gasteiger partial charge < -0.3 is 14.8 Å². The first-order valence-corrected chi connectivity index (χ1v) is 7.56. The minimum absolute atomic E-state index is 0.200. The van der Waals surface area contributed by atoms with Crippen LogP contribution in [0.4, 0.5) is 4.79 Å². The number of hydrogen-bond acceptors (Lipinski definition) is 5. The van der Waals surface area contributed by atoms with Crippen molar-refractivity contribution in [1.29, 1.82) is 0 Å². The first-order chi connectivity index (χ1) is 11.3. The van der Waals surface area contributed by atoms with Crippen molar-refractivity contribution in [1.82, 2.24) is 10.6 Å². The van der Waals surface area contributed by atoms with Gasteiger partial charge in [-0.3, -0.25) is 10.1 Å². The highest BCUT2D eigenvalue weighted by molar-refractivity contribution is 6.35. The molecule has 2 N–H and O–H groups in total. The molecule has 1 aromatic carbocycles. The van der Waals surface area contributed by atoms with Gasteiger partial charge in [0.25, 0.3) is 5.91 Å². The van der Waals surface area contributed by atoms with Gasteiger partial charge in [0.1, 0.15) is 5.75 Å². The summed E-state index contributed by atoms with van der Waals surface area (Å²) in [4.78, 5) is 34.4.